The fourth-order valence-electron chi connectivity index (χ4n) is 1.53. The molecule has 0 aromatic heterocycles. The van der Waals surface area contributed by atoms with E-state index in [1.807, 2.05) is 0 Å². The topological polar surface area (TPSA) is 0 Å². The zero-order valence-electron chi connectivity index (χ0n) is 10.6. The third-order valence-corrected chi connectivity index (χ3v) is 2.86. The average molecular weight is 226 g/mol. The number of benzene rings is 1. The molecule has 0 amide bonds. The normalized spacial score (nSPS) is 13.2. The predicted octanol–water partition coefficient (Wildman–Crippen LogP) is 4.73. The molecule has 2 heteroatoms. The van der Waals surface area contributed by atoms with Gasteiger partial charge in [0.1, 0.15) is 0 Å². The highest BCUT2D eigenvalue weighted by molar-refractivity contribution is 5.30. The van der Waals surface area contributed by atoms with Crippen LogP contribution in [0.3, 0.4) is 0 Å². The fourth-order valence-corrected chi connectivity index (χ4v) is 1.53. The summed E-state index contributed by atoms with van der Waals surface area (Å²) in [5, 5.41) is 0. The van der Waals surface area contributed by atoms with Gasteiger partial charge in [0.05, 0.1) is 0 Å². The van der Waals surface area contributed by atoms with Crippen LogP contribution in [0.4, 0.5) is 8.78 Å². The highest BCUT2D eigenvalue weighted by Gasteiger charge is 2.35. The molecular weight excluding hydrogens is 206 g/mol. The minimum atomic E-state index is -2.74. The molecule has 1 aromatic carbocycles. The minimum absolute atomic E-state index is 0.00560. The van der Waals surface area contributed by atoms with E-state index >= 15 is 0 Å². The summed E-state index contributed by atoms with van der Waals surface area (Å²) in [5.41, 5.74) is 1.19. The van der Waals surface area contributed by atoms with Gasteiger partial charge < -0.3 is 0 Å². The molecule has 90 valence electrons. The van der Waals surface area contributed by atoms with Crippen LogP contribution in [0.15, 0.2) is 24.3 Å². The molecule has 0 aliphatic rings. The van der Waals surface area contributed by atoms with Gasteiger partial charge in [-0.25, -0.2) is 8.78 Å². The van der Waals surface area contributed by atoms with Crippen molar-refractivity contribution in [1.82, 2.24) is 0 Å². The first-order chi connectivity index (χ1) is 7.15. The van der Waals surface area contributed by atoms with Crippen molar-refractivity contribution < 1.29 is 8.78 Å². The number of alkyl halides is 2. The Morgan fingerprint density at radius 3 is 1.56 bits per heavy atom. The van der Waals surface area contributed by atoms with Gasteiger partial charge in [0.25, 0.3) is 5.92 Å². The van der Waals surface area contributed by atoms with E-state index in [9.17, 15) is 8.78 Å². The molecule has 1 aromatic rings. The van der Waals surface area contributed by atoms with Crippen LogP contribution in [0.1, 0.15) is 45.7 Å². The van der Waals surface area contributed by atoms with Crippen molar-refractivity contribution in [3.05, 3.63) is 35.4 Å². The number of rotatable bonds is 2. The highest BCUT2D eigenvalue weighted by Crippen LogP contribution is 2.36. The molecule has 0 heterocycles. The van der Waals surface area contributed by atoms with Crippen molar-refractivity contribution in [2.24, 2.45) is 5.92 Å². The lowest BCUT2D eigenvalue weighted by atomic mass is 9.85. The predicted molar refractivity (Wildman–Crippen MR) is 63.9 cm³/mol. The third-order valence-electron chi connectivity index (χ3n) is 2.86. The first-order valence-corrected chi connectivity index (χ1v) is 5.64. The second-order valence-corrected chi connectivity index (χ2v) is 5.61. The van der Waals surface area contributed by atoms with Crippen molar-refractivity contribution in [3.63, 3.8) is 0 Å². The van der Waals surface area contributed by atoms with E-state index < -0.39 is 11.8 Å². The molecule has 0 atom stereocenters. The van der Waals surface area contributed by atoms with Gasteiger partial charge in [-0.15, -0.1) is 0 Å². The van der Waals surface area contributed by atoms with E-state index in [2.05, 4.69) is 20.8 Å². The van der Waals surface area contributed by atoms with Crippen molar-refractivity contribution in [3.8, 4) is 0 Å². The Balaban J connectivity index is 3.05. The van der Waals surface area contributed by atoms with Gasteiger partial charge in [-0.2, -0.15) is 0 Å². The summed E-state index contributed by atoms with van der Waals surface area (Å²) < 4.78 is 27.4. The van der Waals surface area contributed by atoms with E-state index in [-0.39, 0.29) is 11.0 Å². The first-order valence-electron chi connectivity index (χ1n) is 5.64. The van der Waals surface area contributed by atoms with Crippen molar-refractivity contribution in [2.75, 3.05) is 0 Å². The van der Waals surface area contributed by atoms with Gasteiger partial charge in [0, 0.05) is 11.5 Å². The molecule has 0 saturated heterocycles. The van der Waals surface area contributed by atoms with Crippen molar-refractivity contribution in [1.29, 1.82) is 0 Å². The van der Waals surface area contributed by atoms with Crippen LogP contribution < -0.4 is 0 Å². The van der Waals surface area contributed by atoms with Gasteiger partial charge in [-0.1, -0.05) is 58.9 Å². The summed E-state index contributed by atoms with van der Waals surface area (Å²) in [6.07, 6.45) is 0. The summed E-state index contributed by atoms with van der Waals surface area (Å²) in [4.78, 5) is 0. The Morgan fingerprint density at radius 1 is 0.875 bits per heavy atom. The lowest BCUT2D eigenvalue weighted by Crippen LogP contribution is -2.21. The van der Waals surface area contributed by atoms with Crippen LogP contribution in [0.5, 0.6) is 0 Å². The Hall–Kier alpha value is -0.920. The molecular formula is C14H20F2. The molecule has 0 bridgehead atoms. The van der Waals surface area contributed by atoms with E-state index in [0.717, 1.165) is 5.56 Å². The SMILES string of the molecule is CC(C)C(F)(F)c1ccc(C(C)(C)C)cc1. The van der Waals surface area contributed by atoms with Crippen LogP contribution in [0.25, 0.3) is 0 Å². The van der Waals surface area contributed by atoms with Crippen LogP contribution in [-0.2, 0) is 11.3 Å². The molecule has 0 N–H and O–H groups in total. The van der Waals surface area contributed by atoms with Crippen LogP contribution in [0, 0.1) is 5.92 Å². The summed E-state index contributed by atoms with van der Waals surface area (Å²) in [5.74, 6) is -3.41. The van der Waals surface area contributed by atoms with Crippen molar-refractivity contribution in [2.45, 2.75) is 46.0 Å². The fraction of sp³-hybridized carbons (Fsp3) is 0.571. The highest BCUT2D eigenvalue weighted by atomic mass is 19.3. The number of halogens is 2. The van der Waals surface area contributed by atoms with Crippen LogP contribution in [0.2, 0.25) is 0 Å². The molecule has 0 saturated carbocycles. The molecule has 0 unspecified atom stereocenters. The molecule has 16 heavy (non-hydrogen) atoms. The zero-order valence-corrected chi connectivity index (χ0v) is 10.6. The zero-order chi connectivity index (χ0) is 12.6. The average Bonchev–Trinajstić information content (AvgIpc) is 2.16. The first kappa shape index (κ1) is 13.1. The lowest BCUT2D eigenvalue weighted by Gasteiger charge is -2.23. The second-order valence-electron chi connectivity index (χ2n) is 5.61. The minimum Gasteiger partial charge on any atom is -0.201 e. The largest absolute Gasteiger partial charge is 0.275 e. The summed E-state index contributed by atoms with van der Waals surface area (Å²) in [6.45, 7) is 9.29. The standard InChI is InChI=1S/C14H20F2/c1-10(2)14(15,16)12-8-6-11(7-9-12)13(3,4)5/h6-10H,1-5H3. The summed E-state index contributed by atoms with van der Waals surface area (Å²) in [7, 11) is 0. The monoisotopic (exact) mass is 226 g/mol. The van der Waals surface area contributed by atoms with Crippen LogP contribution in [-0.4, -0.2) is 0 Å². The van der Waals surface area contributed by atoms with Gasteiger partial charge in [-0.05, 0) is 11.0 Å². The maximum absolute atomic E-state index is 13.7. The Kier molecular flexibility index (Phi) is 3.41. The lowest BCUT2D eigenvalue weighted by molar-refractivity contribution is -0.0514. The number of hydrogen-bond donors (Lipinski definition) is 0. The van der Waals surface area contributed by atoms with E-state index in [0.29, 0.717) is 0 Å². The molecule has 0 fully saturated rings. The van der Waals surface area contributed by atoms with Gasteiger partial charge >= 0.3 is 0 Å². The molecule has 1 rings (SSSR count). The number of hydrogen-bond acceptors (Lipinski definition) is 0. The van der Waals surface area contributed by atoms with Crippen molar-refractivity contribution >= 4 is 0 Å². The quantitative estimate of drug-likeness (QED) is 0.683. The Labute approximate surface area is 96.7 Å². The molecule has 0 aliphatic carbocycles. The van der Waals surface area contributed by atoms with Gasteiger partial charge in [-0.3, -0.25) is 0 Å². The van der Waals surface area contributed by atoms with E-state index in [4.69, 9.17) is 0 Å². The second kappa shape index (κ2) is 4.15. The van der Waals surface area contributed by atoms with Gasteiger partial charge in [0.2, 0.25) is 0 Å². The molecule has 0 aliphatic heterocycles. The van der Waals surface area contributed by atoms with E-state index in [1.165, 1.54) is 13.8 Å². The molecule has 0 spiro atoms. The van der Waals surface area contributed by atoms with Gasteiger partial charge in [0.15, 0.2) is 0 Å². The smallest absolute Gasteiger partial charge is 0.201 e. The third kappa shape index (κ3) is 2.60. The summed E-state index contributed by atoms with van der Waals surface area (Å²) >= 11 is 0. The Morgan fingerprint density at radius 2 is 1.25 bits per heavy atom. The molecule has 0 radical (unpaired) electrons. The maximum Gasteiger partial charge on any atom is 0.275 e. The van der Waals surface area contributed by atoms with Crippen LogP contribution >= 0.6 is 0 Å². The summed E-state index contributed by atoms with van der Waals surface area (Å²) in [6, 6.07) is 6.68. The molecule has 0 nitrogen and oxygen atoms in total. The maximum atomic E-state index is 13.7. The Bertz CT molecular complexity index is 342. The van der Waals surface area contributed by atoms with E-state index in [1.54, 1.807) is 24.3 Å².